The molecule has 1 aliphatic rings. The van der Waals surface area contributed by atoms with Gasteiger partial charge in [-0.2, -0.15) is 0 Å². The van der Waals surface area contributed by atoms with Gasteiger partial charge in [0.2, 0.25) is 5.91 Å². The van der Waals surface area contributed by atoms with E-state index in [4.69, 9.17) is 0 Å². The van der Waals surface area contributed by atoms with Crippen molar-refractivity contribution in [2.45, 2.75) is 25.4 Å². The van der Waals surface area contributed by atoms with Crippen LogP contribution in [-0.2, 0) is 11.3 Å². The van der Waals surface area contributed by atoms with Gasteiger partial charge in [0.15, 0.2) is 0 Å². The summed E-state index contributed by atoms with van der Waals surface area (Å²) in [6.45, 7) is 1.18. The Bertz CT molecular complexity index is 352. The Kier molecular flexibility index (Phi) is 5.45. The van der Waals surface area contributed by atoms with Gasteiger partial charge in [-0.3, -0.25) is 4.79 Å². The molecule has 0 saturated heterocycles. The summed E-state index contributed by atoms with van der Waals surface area (Å²) in [5.74, 6) is 0.203. The molecule has 0 atom stereocenters. The molecule has 4 heteroatoms. The van der Waals surface area contributed by atoms with E-state index in [-0.39, 0.29) is 18.3 Å². The Morgan fingerprint density at radius 2 is 2.00 bits per heavy atom. The van der Waals surface area contributed by atoms with Gasteiger partial charge < -0.3 is 10.2 Å². The lowest BCUT2D eigenvalue weighted by Crippen LogP contribution is -2.38. The third-order valence-corrected chi connectivity index (χ3v) is 2.83. The molecular weight excluding hydrogens is 236 g/mol. The molecular formula is C13H19ClN2O. The topological polar surface area (TPSA) is 32.3 Å². The minimum atomic E-state index is 0. The number of carbonyl (C=O) groups excluding carboxylic acids is 1. The quantitative estimate of drug-likeness (QED) is 0.869. The number of halogens is 1. The summed E-state index contributed by atoms with van der Waals surface area (Å²) in [5.41, 5.74) is 1.21. The molecule has 94 valence electrons. The molecule has 1 aromatic carbocycles. The van der Waals surface area contributed by atoms with Gasteiger partial charge >= 0.3 is 0 Å². The maximum Gasteiger partial charge on any atom is 0.237 e. The van der Waals surface area contributed by atoms with Crippen LogP contribution in [0, 0.1) is 0 Å². The zero-order valence-corrected chi connectivity index (χ0v) is 10.9. The van der Waals surface area contributed by atoms with Crippen molar-refractivity contribution in [1.29, 1.82) is 0 Å². The summed E-state index contributed by atoms with van der Waals surface area (Å²) < 4.78 is 0. The molecule has 1 fully saturated rings. The van der Waals surface area contributed by atoms with E-state index in [2.05, 4.69) is 17.4 Å². The normalized spacial score (nSPS) is 13.9. The van der Waals surface area contributed by atoms with E-state index in [1.54, 1.807) is 0 Å². The number of likely N-dealkylation sites (N-methyl/N-ethyl adjacent to an activating group) is 1. The first kappa shape index (κ1) is 14.0. The average molecular weight is 255 g/mol. The maximum absolute atomic E-state index is 11.9. The van der Waals surface area contributed by atoms with Crippen molar-refractivity contribution in [2.75, 3.05) is 13.6 Å². The van der Waals surface area contributed by atoms with Crippen molar-refractivity contribution >= 4 is 18.3 Å². The number of nitrogens with one attached hydrogen (secondary N) is 1. The van der Waals surface area contributed by atoms with Crippen molar-refractivity contribution in [3.05, 3.63) is 35.9 Å². The highest BCUT2D eigenvalue weighted by molar-refractivity contribution is 5.85. The standard InChI is InChI=1S/C13H18N2O.ClH/c1-14-9-13(16)15(12-7-8-12)10-11-5-3-2-4-6-11;/h2-6,12,14H,7-10H2,1H3;1H. The molecule has 1 N–H and O–H groups in total. The van der Waals surface area contributed by atoms with E-state index in [0.717, 1.165) is 19.4 Å². The van der Waals surface area contributed by atoms with Gasteiger partial charge in [-0.15, -0.1) is 12.4 Å². The molecule has 0 spiro atoms. The first-order valence-electron chi connectivity index (χ1n) is 5.79. The second-order valence-electron chi connectivity index (χ2n) is 4.27. The molecule has 1 aliphatic carbocycles. The maximum atomic E-state index is 11.9. The summed E-state index contributed by atoms with van der Waals surface area (Å²) in [4.78, 5) is 13.9. The number of hydrogen-bond acceptors (Lipinski definition) is 2. The van der Waals surface area contributed by atoms with Crippen molar-refractivity contribution in [1.82, 2.24) is 10.2 Å². The van der Waals surface area contributed by atoms with Crippen LogP contribution >= 0.6 is 12.4 Å². The number of amides is 1. The van der Waals surface area contributed by atoms with Gasteiger partial charge in [-0.05, 0) is 25.5 Å². The molecule has 0 aromatic heterocycles. The molecule has 0 heterocycles. The molecule has 2 rings (SSSR count). The van der Waals surface area contributed by atoms with Gasteiger partial charge in [0, 0.05) is 12.6 Å². The number of hydrogen-bond donors (Lipinski definition) is 1. The van der Waals surface area contributed by atoms with Crippen molar-refractivity contribution in [3.63, 3.8) is 0 Å². The lowest BCUT2D eigenvalue weighted by Gasteiger charge is -2.22. The smallest absolute Gasteiger partial charge is 0.237 e. The number of benzene rings is 1. The highest BCUT2D eigenvalue weighted by Gasteiger charge is 2.31. The van der Waals surface area contributed by atoms with Gasteiger partial charge in [0.25, 0.3) is 0 Å². The summed E-state index contributed by atoms with van der Waals surface area (Å²) in [7, 11) is 1.81. The van der Waals surface area contributed by atoms with Gasteiger partial charge in [0.05, 0.1) is 6.54 Å². The lowest BCUT2D eigenvalue weighted by atomic mass is 10.2. The van der Waals surface area contributed by atoms with Crippen LogP contribution in [0.15, 0.2) is 30.3 Å². The lowest BCUT2D eigenvalue weighted by molar-refractivity contribution is -0.131. The molecule has 1 amide bonds. The number of carbonyl (C=O) groups is 1. The predicted molar refractivity (Wildman–Crippen MR) is 71.2 cm³/mol. The minimum Gasteiger partial charge on any atom is -0.334 e. The Hall–Kier alpha value is -1.06. The summed E-state index contributed by atoms with van der Waals surface area (Å²) in [5, 5.41) is 2.93. The van der Waals surface area contributed by atoms with E-state index in [1.165, 1.54) is 5.56 Å². The second-order valence-corrected chi connectivity index (χ2v) is 4.27. The monoisotopic (exact) mass is 254 g/mol. The average Bonchev–Trinajstić information content (AvgIpc) is 3.11. The van der Waals surface area contributed by atoms with Crippen LogP contribution in [0.25, 0.3) is 0 Å². The van der Waals surface area contributed by atoms with E-state index in [1.807, 2.05) is 30.1 Å². The molecule has 0 unspecified atom stereocenters. The van der Waals surface area contributed by atoms with Crippen LogP contribution in [0.5, 0.6) is 0 Å². The van der Waals surface area contributed by atoms with Crippen LogP contribution in [0.2, 0.25) is 0 Å². The first-order chi connectivity index (χ1) is 7.81. The van der Waals surface area contributed by atoms with E-state index in [9.17, 15) is 4.79 Å². The minimum absolute atomic E-state index is 0. The second kappa shape index (κ2) is 6.62. The van der Waals surface area contributed by atoms with Crippen molar-refractivity contribution < 1.29 is 4.79 Å². The van der Waals surface area contributed by atoms with Crippen LogP contribution < -0.4 is 5.32 Å². The van der Waals surface area contributed by atoms with Crippen LogP contribution in [-0.4, -0.2) is 30.4 Å². The number of rotatable bonds is 5. The molecule has 17 heavy (non-hydrogen) atoms. The van der Waals surface area contributed by atoms with Gasteiger partial charge in [0.1, 0.15) is 0 Å². The molecule has 0 radical (unpaired) electrons. The first-order valence-corrected chi connectivity index (χ1v) is 5.79. The van der Waals surface area contributed by atoms with Gasteiger partial charge in [-0.1, -0.05) is 30.3 Å². The summed E-state index contributed by atoms with van der Waals surface area (Å²) >= 11 is 0. The van der Waals surface area contributed by atoms with E-state index < -0.39 is 0 Å². The fourth-order valence-electron chi connectivity index (χ4n) is 1.84. The molecule has 3 nitrogen and oxygen atoms in total. The zero-order chi connectivity index (χ0) is 11.4. The molecule has 0 bridgehead atoms. The Labute approximate surface area is 109 Å². The SMILES string of the molecule is CNCC(=O)N(Cc1ccccc1)C1CC1.Cl. The van der Waals surface area contributed by atoms with Crippen LogP contribution in [0.3, 0.4) is 0 Å². The zero-order valence-electron chi connectivity index (χ0n) is 10.1. The molecule has 1 saturated carbocycles. The van der Waals surface area contributed by atoms with E-state index in [0.29, 0.717) is 12.6 Å². The summed E-state index contributed by atoms with van der Waals surface area (Å²) in [6, 6.07) is 10.7. The fraction of sp³-hybridized carbons (Fsp3) is 0.462. The Morgan fingerprint density at radius 3 is 2.53 bits per heavy atom. The van der Waals surface area contributed by atoms with Crippen LogP contribution in [0.4, 0.5) is 0 Å². The third kappa shape index (κ3) is 4.02. The van der Waals surface area contributed by atoms with E-state index >= 15 is 0 Å². The van der Waals surface area contributed by atoms with Crippen molar-refractivity contribution in [2.24, 2.45) is 0 Å². The Morgan fingerprint density at radius 1 is 1.35 bits per heavy atom. The largest absolute Gasteiger partial charge is 0.334 e. The highest BCUT2D eigenvalue weighted by atomic mass is 35.5. The Balaban J connectivity index is 0.00000144. The van der Waals surface area contributed by atoms with Gasteiger partial charge in [-0.25, -0.2) is 0 Å². The number of nitrogens with zero attached hydrogens (tertiary/aromatic N) is 1. The summed E-state index contributed by atoms with van der Waals surface area (Å²) in [6.07, 6.45) is 2.31. The predicted octanol–water partition coefficient (Wildman–Crippen LogP) is 1.82. The molecule has 0 aliphatic heterocycles. The van der Waals surface area contributed by atoms with Crippen LogP contribution in [0.1, 0.15) is 18.4 Å². The third-order valence-electron chi connectivity index (χ3n) is 2.83. The van der Waals surface area contributed by atoms with Crippen molar-refractivity contribution in [3.8, 4) is 0 Å². The fourth-order valence-corrected chi connectivity index (χ4v) is 1.84. The highest BCUT2D eigenvalue weighted by Crippen LogP contribution is 2.28. The molecule has 1 aromatic rings.